The van der Waals surface area contributed by atoms with Gasteiger partial charge in [-0.2, -0.15) is 14.3 Å². The molecule has 0 aliphatic carbocycles. The largest absolute Gasteiger partial charge is 0.501 e. The average molecular weight is 317 g/mol. The van der Waals surface area contributed by atoms with Crippen LogP contribution in [-0.4, -0.2) is 46.0 Å². The second-order valence-corrected chi connectivity index (χ2v) is 6.06. The molecule has 0 aromatic heterocycles. The fourth-order valence-electron chi connectivity index (χ4n) is 2.63. The van der Waals surface area contributed by atoms with Crippen molar-refractivity contribution in [1.29, 1.82) is 0 Å². The maximum absolute atomic E-state index is 12.6. The van der Waals surface area contributed by atoms with Gasteiger partial charge in [0.15, 0.2) is 5.25 Å². The van der Waals surface area contributed by atoms with E-state index < -0.39 is 0 Å². The molecule has 5 nitrogen and oxygen atoms in total. The highest BCUT2D eigenvalue weighted by Gasteiger charge is 2.48. The van der Waals surface area contributed by atoms with Crippen molar-refractivity contribution >= 4 is 29.4 Å². The Labute approximate surface area is 133 Å². The van der Waals surface area contributed by atoms with E-state index >= 15 is 0 Å². The zero-order valence-corrected chi connectivity index (χ0v) is 13.3. The van der Waals surface area contributed by atoms with Crippen LogP contribution in [0, 0.1) is 0 Å². The number of urea groups is 1. The summed E-state index contributed by atoms with van der Waals surface area (Å²) in [6.07, 6.45) is 1.86. The molecule has 0 fully saturated rings. The van der Waals surface area contributed by atoms with E-state index in [4.69, 9.17) is 4.74 Å². The first kappa shape index (κ1) is 14.8. The molecule has 3 amide bonds. The second-order valence-electron chi connectivity index (χ2n) is 5.04. The zero-order chi connectivity index (χ0) is 15.7. The van der Waals surface area contributed by atoms with Crippen LogP contribution >= 0.6 is 11.8 Å². The van der Waals surface area contributed by atoms with Crippen LogP contribution in [0.2, 0.25) is 0 Å². The minimum atomic E-state index is -0.295. The van der Waals surface area contributed by atoms with Crippen molar-refractivity contribution < 1.29 is 18.9 Å². The lowest BCUT2D eigenvalue weighted by atomic mass is 10.1. The molecule has 0 N–H and O–H groups in total. The summed E-state index contributed by atoms with van der Waals surface area (Å²) >= 11 is 1.45. The second kappa shape index (κ2) is 5.96. The number of hydrogen-bond acceptors (Lipinski definition) is 4. The number of carbonyl (C=O) groups is 2. The van der Waals surface area contributed by atoms with Crippen LogP contribution in [0.25, 0.3) is 0 Å². The smallest absolute Gasteiger partial charge is 0.497 e. The van der Waals surface area contributed by atoms with Gasteiger partial charge >= 0.3 is 11.9 Å². The van der Waals surface area contributed by atoms with E-state index in [9.17, 15) is 9.59 Å². The quantitative estimate of drug-likeness (QED) is 0.799. The number of allylic oxidation sites excluding steroid dienone is 1. The number of nitrogens with zero attached hydrogens (tertiary/aromatic N) is 2. The van der Waals surface area contributed by atoms with Gasteiger partial charge in [-0.15, -0.1) is 11.8 Å². The van der Waals surface area contributed by atoms with Crippen molar-refractivity contribution in [2.45, 2.75) is 18.7 Å². The maximum atomic E-state index is 12.6. The van der Waals surface area contributed by atoms with Crippen LogP contribution in [0.4, 0.5) is 4.79 Å². The summed E-state index contributed by atoms with van der Waals surface area (Å²) in [6.45, 7) is 2.75. The summed E-state index contributed by atoms with van der Waals surface area (Å²) in [5, 5.41) is 1.58. The van der Waals surface area contributed by atoms with Gasteiger partial charge in [0.25, 0.3) is 0 Å². The molecule has 1 aromatic carbocycles. The monoisotopic (exact) mass is 317 g/mol. The molecule has 6 heteroatoms. The molecule has 0 bridgehead atoms. The molecule has 1 unspecified atom stereocenters. The highest BCUT2D eigenvalue weighted by molar-refractivity contribution is 8.04. The Morgan fingerprint density at radius 1 is 1.27 bits per heavy atom. The summed E-state index contributed by atoms with van der Waals surface area (Å²) in [7, 11) is 1.60. The lowest BCUT2D eigenvalue weighted by Gasteiger charge is -2.23. The Bertz CT molecular complexity index is 679. The van der Waals surface area contributed by atoms with E-state index in [1.165, 1.54) is 16.7 Å². The molecule has 0 radical (unpaired) electrons. The van der Waals surface area contributed by atoms with E-state index in [0.29, 0.717) is 6.54 Å². The Kier molecular flexibility index (Phi) is 4.02. The highest BCUT2D eigenvalue weighted by atomic mass is 32.2. The van der Waals surface area contributed by atoms with Gasteiger partial charge in [-0.3, -0.25) is 0 Å². The molecule has 22 heavy (non-hydrogen) atoms. The Hall–Kier alpha value is -2.08. The van der Waals surface area contributed by atoms with Gasteiger partial charge in [-0.1, -0.05) is 12.1 Å². The number of methoxy groups -OCH3 is 1. The number of benzene rings is 1. The van der Waals surface area contributed by atoms with Crippen molar-refractivity contribution in [3.63, 3.8) is 0 Å². The fraction of sp³-hybridized carbons (Fsp3) is 0.312. The summed E-state index contributed by atoms with van der Waals surface area (Å²) in [4.78, 5) is 26.5. The van der Waals surface area contributed by atoms with Gasteiger partial charge in [-0.05, 0) is 36.1 Å². The molecule has 1 atom stereocenters. The van der Waals surface area contributed by atoms with Crippen LogP contribution < -0.4 is 4.74 Å². The summed E-state index contributed by atoms with van der Waals surface area (Å²) < 4.78 is 6.79. The highest BCUT2D eigenvalue weighted by Crippen LogP contribution is 2.28. The van der Waals surface area contributed by atoms with E-state index in [1.54, 1.807) is 11.7 Å². The number of thioether (sulfide) groups is 1. The van der Waals surface area contributed by atoms with Crippen molar-refractivity contribution in [1.82, 2.24) is 4.90 Å². The Morgan fingerprint density at radius 3 is 2.64 bits per heavy atom. The number of imide groups is 1. The van der Waals surface area contributed by atoms with Crippen LogP contribution in [0.3, 0.4) is 0 Å². The topological polar surface area (TPSA) is 49.6 Å². The molecule has 2 aliphatic heterocycles. The number of rotatable bonds is 4. The van der Waals surface area contributed by atoms with E-state index in [2.05, 4.69) is 0 Å². The molecule has 2 aliphatic rings. The SMILES string of the molecule is CC[N+]1=C2C=CSC2C(=O)N(Cc2ccc(OC)cc2)C1=O. The third-order valence-electron chi connectivity index (χ3n) is 3.80. The number of carbonyl (C=O) groups excluding carboxylic acids is 2. The lowest BCUT2D eigenvalue weighted by molar-refractivity contribution is -0.434. The third kappa shape index (κ3) is 2.43. The van der Waals surface area contributed by atoms with E-state index in [-0.39, 0.29) is 23.7 Å². The van der Waals surface area contributed by atoms with Gasteiger partial charge in [0.1, 0.15) is 18.0 Å². The molecule has 0 saturated heterocycles. The van der Waals surface area contributed by atoms with Gasteiger partial charge in [0, 0.05) is 0 Å². The van der Waals surface area contributed by atoms with Crippen LogP contribution in [0.1, 0.15) is 12.5 Å². The lowest BCUT2D eigenvalue weighted by Crippen LogP contribution is -2.54. The number of fused-ring (bicyclic) bond motifs is 1. The number of hydrogen-bond donors (Lipinski definition) is 0. The predicted octanol–water partition coefficient (Wildman–Crippen LogP) is 2.26. The Morgan fingerprint density at radius 2 is 2.00 bits per heavy atom. The first-order valence-corrected chi connectivity index (χ1v) is 8.04. The van der Waals surface area contributed by atoms with Gasteiger partial charge in [0.2, 0.25) is 0 Å². The molecule has 3 rings (SSSR count). The minimum absolute atomic E-state index is 0.143. The summed E-state index contributed by atoms with van der Waals surface area (Å²) in [6, 6.07) is 7.15. The van der Waals surface area contributed by atoms with Gasteiger partial charge < -0.3 is 4.74 Å². The molecule has 1 aromatic rings. The molecule has 0 spiro atoms. The first-order chi connectivity index (χ1) is 10.7. The molecule has 0 saturated carbocycles. The zero-order valence-electron chi connectivity index (χ0n) is 12.5. The first-order valence-electron chi connectivity index (χ1n) is 7.10. The number of ether oxygens (including phenoxy) is 1. The van der Waals surface area contributed by atoms with Crippen molar-refractivity contribution in [2.24, 2.45) is 0 Å². The van der Waals surface area contributed by atoms with Crippen molar-refractivity contribution in [3.8, 4) is 5.75 Å². The van der Waals surface area contributed by atoms with Crippen LogP contribution in [0.15, 0.2) is 35.7 Å². The normalized spacial score (nSPS) is 20.6. The fourth-order valence-corrected chi connectivity index (χ4v) is 3.59. The van der Waals surface area contributed by atoms with Gasteiger partial charge in [0.05, 0.1) is 13.7 Å². The molecule has 2 heterocycles. The van der Waals surface area contributed by atoms with Crippen molar-refractivity contribution in [3.05, 3.63) is 41.3 Å². The third-order valence-corrected chi connectivity index (χ3v) is 4.81. The average Bonchev–Trinajstić information content (AvgIpc) is 3.02. The molecule has 114 valence electrons. The predicted molar refractivity (Wildman–Crippen MR) is 85.3 cm³/mol. The van der Waals surface area contributed by atoms with E-state index in [1.807, 2.05) is 42.7 Å². The van der Waals surface area contributed by atoms with Crippen LogP contribution in [-0.2, 0) is 11.3 Å². The van der Waals surface area contributed by atoms with E-state index in [0.717, 1.165) is 17.0 Å². The maximum Gasteiger partial charge on any atom is 0.501 e. The molecular weight excluding hydrogens is 300 g/mol. The molecular formula is C16H17N2O3S+. The van der Waals surface area contributed by atoms with Crippen LogP contribution in [0.5, 0.6) is 5.75 Å². The summed E-state index contributed by atoms with van der Waals surface area (Å²) in [5.41, 5.74) is 1.70. The van der Waals surface area contributed by atoms with Crippen molar-refractivity contribution in [2.75, 3.05) is 13.7 Å². The Balaban J connectivity index is 1.87. The number of amides is 3. The standard InChI is InChI=1S/C16H17N2O3S/c1-3-17-13-8-9-22-14(13)15(19)18(16(17)20)10-11-4-6-12(21-2)7-5-11/h4-9,14H,3,10H2,1-2H3/q+1. The van der Waals surface area contributed by atoms with Gasteiger partial charge in [-0.25, -0.2) is 4.79 Å². The summed E-state index contributed by atoms with van der Waals surface area (Å²) in [5.74, 6) is 0.608. The minimum Gasteiger partial charge on any atom is -0.497 e.